The largest absolute Gasteiger partial charge is 0.457 e. The standard InChI is InChI=1S/C20H16N2O3/c1-14-2-4-16(5-3-14)24-17-6-7-18-15(12-22-9-8-21-13-22)10-20(23)25-19(18)11-17/h2-11,13H,12H2,1H3. The summed E-state index contributed by atoms with van der Waals surface area (Å²) in [7, 11) is 0. The monoisotopic (exact) mass is 332 g/mol. The number of ether oxygens (including phenoxy) is 1. The third kappa shape index (κ3) is 3.30. The number of imidazole rings is 1. The lowest BCUT2D eigenvalue weighted by molar-refractivity contribution is 0.480. The Labute approximate surface area is 144 Å². The highest BCUT2D eigenvalue weighted by Gasteiger charge is 2.08. The van der Waals surface area contributed by atoms with Crippen LogP contribution in [-0.4, -0.2) is 9.55 Å². The van der Waals surface area contributed by atoms with Crippen molar-refractivity contribution in [1.82, 2.24) is 9.55 Å². The molecular weight excluding hydrogens is 316 g/mol. The Morgan fingerprint density at radius 2 is 1.88 bits per heavy atom. The van der Waals surface area contributed by atoms with Gasteiger partial charge in [0.15, 0.2) is 0 Å². The molecule has 0 aliphatic carbocycles. The van der Waals surface area contributed by atoms with Crippen molar-refractivity contribution >= 4 is 11.0 Å². The maximum absolute atomic E-state index is 11.9. The van der Waals surface area contributed by atoms with E-state index < -0.39 is 0 Å². The van der Waals surface area contributed by atoms with Crippen LogP contribution in [0.4, 0.5) is 0 Å². The summed E-state index contributed by atoms with van der Waals surface area (Å²) in [6.45, 7) is 2.58. The highest BCUT2D eigenvalue weighted by molar-refractivity contribution is 5.81. The van der Waals surface area contributed by atoms with E-state index in [0.29, 0.717) is 17.9 Å². The van der Waals surface area contributed by atoms with Crippen LogP contribution >= 0.6 is 0 Å². The minimum absolute atomic E-state index is 0.380. The second kappa shape index (κ2) is 6.28. The van der Waals surface area contributed by atoms with Gasteiger partial charge in [0, 0.05) is 36.5 Å². The molecule has 0 spiro atoms. The molecule has 2 aromatic carbocycles. The van der Waals surface area contributed by atoms with Gasteiger partial charge in [0.2, 0.25) is 0 Å². The van der Waals surface area contributed by atoms with E-state index in [1.165, 1.54) is 11.6 Å². The maximum Gasteiger partial charge on any atom is 0.336 e. The molecule has 0 atom stereocenters. The van der Waals surface area contributed by atoms with Gasteiger partial charge in [-0.2, -0.15) is 0 Å². The van der Waals surface area contributed by atoms with Crippen molar-refractivity contribution in [1.29, 1.82) is 0 Å². The van der Waals surface area contributed by atoms with E-state index in [1.807, 2.05) is 54.1 Å². The Bertz CT molecular complexity index is 1060. The van der Waals surface area contributed by atoms with E-state index in [2.05, 4.69) is 4.98 Å². The van der Waals surface area contributed by atoms with Crippen LogP contribution in [0.5, 0.6) is 11.5 Å². The van der Waals surface area contributed by atoms with E-state index >= 15 is 0 Å². The molecule has 0 saturated heterocycles. The van der Waals surface area contributed by atoms with E-state index in [4.69, 9.17) is 9.15 Å². The fraction of sp³-hybridized carbons (Fsp3) is 0.100. The van der Waals surface area contributed by atoms with Crippen LogP contribution in [-0.2, 0) is 6.54 Å². The van der Waals surface area contributed by atoms with Crippen molar-refractivity contribution in [3.8, 4) is 11.5 Å². The summed E-state index contributed by atoms with van der Waals surface area (Å²) in [4.78, 5) is 15.9. The van der Waals surface area contributed by atoms with Crippen molar-refractivity contribution in [2.24, 2.45) is 0 Å². The Kier molecular flexibility index (Phi) is 3.82. The average Bonchev–Trinajstić information content (AvgIpc) is 3.09. The first-order valence-corrected chi connectivity index (χ1v) is 7.94. The minimum Gasteiger partial charge on any atom is -0.457 e. The zero-order chi connectivity index (χ0) is 17.2. The third-order valence-electron chi connectivity index (χ3n) is 3.97. The SMILES string of the molecule is Cc1ccc(Oc2ccc3c(Cn4ccnc4)cc(=O)oc3c2)cc1. The summed E-state index contributed by atoms with van der Waals surface area (Å²) in [5.74, 6) is 1.36. The second-order valence-electron chi connectivity index (χ2n) is 5.90. The molecule has 4 rings (SSSR count). The van der Waals surface area contributed by atoms with Crippen LogP contribution < -0.4 is 10.4 Å². The Morgan fingerprint density at radius 3 is 2.64 bits per heavy atom. The predicted octanol–water partition coefficient (Wildman–Crippen LogP) is 4.14. The van der Waals surface area contributed by atoms with Crippen LogP contribution in [0.2, 0.25) is 0 Å². The van der Waals surface area contributed by atoms with Gasteiger partial charge in [-0.3, -0.25) is 0 Å². The third-order valence-corrected chi connectivity index (χ3v) is 3.97. The zero-order valence-electron chi connectivity index (χ0n) is 13.7. The van der Waals surface area contributed by atoms with E-state index in [0.717, 1.165) is 16.7 Å². The first-order valence-electron chi connectivity index (χ1n) is 7.94. The van der Waals surface area contributed by atoms with Crippen LogP contribution in [0.1, 0.15) is 11.1 Å². The van der Waals surface area contributed by atoms with Crippen LogP contribution in [0.25, 0.3) is 11.0 Å². The van der Waals surface area contributed by atoms with Crippen LogP contribution in [0, 0.1) is 6.92 Å². The summed E-state index contributed by atoms with van der Waals surface area (Å²) in [5, 5.41) is 0.879. The molecule has 25 heavy (non-hydrogen) atoms. The normalized spacial score (nSPS) is 10.9. The Hall–Kier alpha value is -3.34. The van der Waals surface area contributed by atoms with Crippen molar-refractivity contribution < 1.29 is 9.15 Å². The first-order chi connectivity index (χ1) is 12.2. The Balaban J connectivity index is 1.70. The topological polar surface area (TPSA) is 57.3 Å². The molecule has 5 nitrogen and oxygen atoms in total. The summed E-state index contributed by atoms with van der Waals surface area (Å²) in [6.07, 6.45) is 5.28. The number of hydrogen-bond donors (Lipinski definition) is 0. The molecule has 2 aromatic heterocycles. The summed E-state index contributed by atoms with van der Waals surface area (Å²) in [5.41, 5.74) is 2.18. The number of rotatable bonds is 4. The number of fused-ring (bicyclic) bond motifs is 1. The molecule has 4 aromatic rings. The molecule has 0 saturated carbocycles. The van der Waals surface area contributed by atoms with Crippen molar-refractivity contribution in [3.05, 3.63) is 88.8 Å². The lowest BCUT2D eigenvalue weighted by atomic mass is 10.1. The van der Waals surface area contributed by atoms with Crippen molar-refractivity contribution in [2.75, 3.05) is 0 Å². The van der Waals surface area contributed by atoms with Crippen LogP contribution in [0.15, 0.2) is 76.5 Å². The molecule has 0 amide bonds. The lowest BCUT2D eigenvalue weighted by Crippen LogP contribution is -2.04. The quantitative estimate of drug-likeness (QED) is 0.527. The molecule has 0 radical (unpaired) electrons. The molecular formula is C20H16N2O3. The molecule has 0 unspecified atom stereocenters. The Morgan fingerprint density at radius 1 is 1.08 bits per heavy atom. The highest BCUT2D eigenvalue weighted by Crippen LogP contribution is 2.27. The fourth-order valence-electron chi connectivity index (χ4n) is 2.72. The number of aromatic nitrogens is 2. The van der Waals surface area contributed by atoms with Gasteiger partial charge in [-0.05, 0) is 36.8 Å². The predicted molar refractivity (Wildman–Crippen MR) is 95.1 cm³/mol. The number of nitrogens with zero attached hydrogens (tertiary/aromatic N) is 2. The fourth-order valence-corrected chi connectivity index (χ4v) is 2.72. The molecule has 0 bridgehead atoms. The van der Waals surface area contributed by atoms with Gasteiger partial charge in [0.25, 0.3) is 0 Å². The van der Waals surface area contributed by atoms with Crippen molar-refractivity contribution in [2.45, 2.75) is 13.5 Å². The average molecular weight is 332 g/mol. The van der Waals surface area contributed by atoms with Gasteiger partial charge in [-0.15, -0.1) is 0 Å². The lowest BCUT2D eigenvalue weighted by Gasteiger charge is -2.09. The number of aryl methyl sites for hydroxylation is 1. The zero-order valence-corrected chi connectivity index (χ0v) is 13.7. The van der Waals surface area contributed by atoms with Crippen LogP contribution in [0.3, 0.4) is 0 Å². The molecule has 0 fully saturated rings. The highest BCUT2D eigenvalue weighted by atomic mass is 16.5. The smallest absolute Gasteiger partial charge is 0.336 e. The summed E-state index contributed by atoms with van der Waals surface area (Å²) < 4.78 is 13.1. The van der Waals surface area contributed by atoms with E-state index in [9.17, 15) is 4.79 Å². The van der Waals surface area contributed by atoms with E-state index in [-0.39, 0.29) is 5.63 Å². The molecule has 124 valence electrons. The minimum atomic E-state index is -0.380. The van der Waals surface area contributed by atoms with Gasteiger partial charge in [0.1, 0.15) is 17.1 Å². The summed E-state index contributed by atoms with van der Waals surface area (Å²) >= 11 is 0. The summed E-state index contributed by atoms with van der Waals surface area (Å²) in [6, 6.07) is 14.8. The van der Waals surface area contributed by atoms with Gasteiger partial charge < -0.3 is 13.7 Å². The molecule has 0 aliphatic rings. The molecule has 5 heteroatoms. The van der Waals surface area contributed by atoms with Gasteiger partial charge >= 0.3 is 5.63 Å². The molecule has 0 N–H and O–H groups in total. The maximum atomic E-state index is 11.9. The molecule has 2 heterocycles. The number of benzene rings is 2. The number of hydrogen-bond acceptors (Lipinski definition) is 4. The van der Waals surface area contributed by atoms with Crippen molar-refractivity contribution in [3.63, 3.8) is 0 Å². The van der Waals surface area contributed by atoms with Gasteiger partial charge in [0.05, 0.1) is 6.33 Å². The van der Waals surface area contributed by atoms with E-state index in [1.54, 1.807) is 18.6 Å². The first kappa shape index (κ1) is 15.2. The second-order valence-corrected chi connectivity index (χ2v) is 5.90. The molecule has 0 aliphatic heterocycles. The van der Waals surface area contributed by atoms with Gasteiger partial charge in [-0.1, -0.05) is 17.7 Å². The van der Waals surface area contributed by atoms with Gasteiger partial charge in [-0.25, -0.2) is 9.78 Å².